The Morgan fingerprint density at radius 2 is 1.82 bits per heavy atom. The Morgan fingerprint density at radius 1 is 1.23 bits per heavy atom. The molecule has 22 heavy (non-hydrogen) atoms. The van der Waals surface area contributed by atoms with Crippen LogP contribution >= 0.6 is 0 Å². The number of carbonyl (C=O) groups excluding carboxylic acids is 1. The normalized spacial score (nSPS) is 20.0. The lowest BCUT2D eigenvalue weighted by Crippen LogP contribution is -2.31. The highest BCUT2D eigenvalue weighted by atomic mass is 16.2. The molecule has 1 amide bonds. The maximum atomic E-state index is 11.4. The molecule has 1 heterocycles. The summed E-state index contributed by atoms with van der Waals surface area (Å²) in [5.74, 6) is 1.40. The summed E-state index contributed by atoms with van der Waals surface area (Å²) in [5.41, 5.74) is 2.76. The van der Waals surface area contributed by atoms with Crippen molar-refractivity contribution in [1.82, 2.24) is 9.80 Å². The molecule has 1 saturated heterocycles. The first-order chi connectivity index (χ1) is 10.4. The van der Waals surface area contributed by atoms with Crippen molar-refractivity contribution < 1.29 is 4.79 Å². The maximum absolute atomic E-state index is 11.4. The summed E-state index contributed by atoms with van der Waals surface area (Å²) in [6.07, 6.45) is 1.13. The van der Waals surface area contributed by atoms with Crippen LogP contribution in [0, 0.1) is 5.92 Å². The molecule has 0 unspecified atom stereocenters. The minimum atomic E-state index is 0.211. The lowest BCUT2D eigenvalue weighted by atomic mass is 9.98. The van der Waals surface area contributed by atoms with Crippen LogP contribution < -0.4 is 0 Å². The van der Waals surface area contributed by atoms with Gasteiger partial charge in [0.1, 0.15) is 0 Å². The van der Waals surface area contributed by atoms with Gasteiger partial charge >= 0.3 is 0 Å². The van der Waals surface area contributed by atoms with Crippen LogP contribution in [0.5, 0.6) is 0 Å². The first-order valence-corrected chi connectivity index (χ1v) is 8.44. The van der Waals surface area contributed by atoms with Crippen molar-refractivity contribution in [3.05, 3.63) is 35.4 Å². The summed E-state index contributed by atoms with van der Waals surface area (Å²) >= 11 is 0. The Labute approximate surface area is 135 Å². The number of hydrogen-bond acceptors (Lipinski definition) is 2. The summed E-state index contributed by atoms with van der Waals surface area (Å²) in [6.45, 7) is 11.3. The van der Waals surface area contributed by atoms with Crippen LogP contribution in [0.2, 0.25) is 0 Å². The Morgan fingerprint density at radius 3 is 2.32 bits per heavy atom. The molecule has 3 nitrogen and oxygen atoms in total. The highest BCUT2D eigenvalue weighted by molar-refractivity contribution is 5.73. The van der Waals surface area contributed by atoms with E-state index in [0.29, 0.717) is 17.9 Å². The van der Waals surface area contributed by atoms with Crippen molar-refractivity contribution >= 4 is 5.91 Å². The fourth-order valence-corrected chi connectivity index (χ4v) is 3.25. The minimum Gasteiger partial charge on any atom is -0.343 e. The molecule has 0 radical (unpaired) electrons. The summed E-state index contributed by atoms with van der Waals surface area (Å²) < 4.78 is 0. The van der Waals surface area contributed by atoms with Crippen molar-refractivity contribution in [1.29, 1.82) is 0 Å². The monoisotopic (exact) mass is 302 g/mol. The third-order valence-corrected chi connectivity index (χ3v) is 5.02. The van der Waals surface area contributed by atoms with Crippen molar-refractivity contribution in [2.45, 2.75) is 46.1 Å². The minimum absolute atomic E-state index is 0.211. The van der Waals surface area contributed by atoms with Crippen LogP contribution in [0.25, 0.3) is 0 Å². The van der Waals surface area contributed by atoms with Gasteiger partial charge in [0.25, 0.3) is 0 Å². The second-order valence-electron chi connectivity index (χ2n) is 7.06. The predicted molar refractivity (Wildman–Crippen MR) is 91.9 cm³/mol. The SMILES string of the molecule is CC(=O)N1CC[C@H](CN(C)[C@@H](C)c2ccc(C(C)C)cc2)C1. The zero-order valence-electron chi connectivity index (χ0n) is 14.7. The molecule has 1 aromatic rings. The molecule has 0 spiro atoms. The van der Waals surface area contributed by atoms with Crippen LogP contribution in [0.15, 0.2) is 24.3 Å². The number of rotatable bonds is 5. The molecule has 122 valence electrons. The molecule has 0 aromatic heterocycles. The number of benzene rings is 1. The Hall–Kier alpha value is -1.35. The maximum Gasteiger partial charge on any atom is 0.219 e. The molecule has 2 atom stereocenters. The zero-order valence-corrected chi connectivity index (χ0v) is 14.7. The molecule has 1 aromatic carbocycles. The molecule has 0 bridgehead atoms. The lowest BCUT2D eigenvalue weighted by molar-refractivity contribution is -0.127. The summed E-state index contributed by atoms with van der Waals surface area (Å²) in [4.78, 5) is 15.8. The van der Waals surface area contributed by atoms with Gasteiger partial charge in [-0.05, 0) is 43.4 Å². The number of hydrogen-bond donors (Lipinski definition) is 0. The van der Waals surface area contributed by atoms with E-state index in [1.807, 2.05) is 4.90 Å². The molecule has 1 aliphatic heterocycles. The van der Waals surface area contributed by atoms with Crippen molar-refractivity contribution in [3.8, 4) is 0 Å². The second kappa shape index (κ2) is 7.28. The molecular formula is C19H30N2O. The van der Waals surface area contributed by atoms with Gasteiger partial charge in [-0.3, -0.25) is 9.69 Å². The molecule has 1 fully saturated rings. The van der Waals surface area contributed by atoms with Gasteiger partial charge in [-0.15, -0.1) is 0 Å². The zero-order chi connectivity index (χ0) is 16.3. The van der Waals surface area contributed by atoms with Gasteiger partial charge in [-0.2, -0.15) is 0 Å². The molecular weight excluding hydrogens is 272 g/mol. The van der Waals surface area contributed by atoms with Crippen LogP contribution in [0.3, 0.4) is 0 Å². The van der Waals surface area contributed by atoms with E-state index >= 15 is 0 Å². The van der Waals surface area contributed by atoms with E-state index in [1.165, 1.54) is 11.1 Å². The van der Waals surface area contributed by atoms with Gasteiger partial charge < -0.3 is 4.90 Å². The largest absolute Gasteiger partial charge is 0.343 e. The van der Waals surface area contributed by atoms with Gasteiger partial charge in [0, 0.05) is 32.6 Å². The summed E-state index contributed by atoms with van der Waals surface area (Å²) in [7, 11) is 2.19. The van der Waals surface area contributed by atoms with E-state index in [-0.39, 0.29) is 5.91 Å². The number of carbonyl (C=O) groups is 1. The predicted octanol–water partition coefficient (Wildman–Crippen LogP) is 3.67. The molecule has 1 aliphatic rings. The molecule has 0 aliphatic carbocycles. The van der Waals surface area contributed by atoms with E-state index in [2.05, 4.69) is 57.0 Å². The van der Waals surface area contributed by atoms with Crippen molar-refractivity contribution in [2.24, 2.45) is 5.92 Å². The quantitative estimate of drug-likeness (QED) is 0.828. The van der Waals surface area contributed by atoms with Gasteiger partial charge in [0.2, 0.25) is 5.91 Å². The van der Waals surface area contributed by atoms with Crippen LogP contribution in [0.1, 0.15) is 57.2 Å². The number of amides is 1. The van der Waals surface area contributed by atoms with E-state index in [4.69, 9.17) is 0 Å². The standard InChI is InChI=1S/C19H30N2O/c1-14(2)18-6-8-19(9-7-18)15(3)20(5)12-17-10-11-21(13-17)16(4)22/h6-9,14-15,17H,10-13H2,1-5H3/t15-,17+/m0/s1. The smallest absolute Gasteiger partial charge is 0.219 e. The van der Waals surface area contributed by atoms with E-state index in [9.17, 15) is 4.79 Å². The highest BCUT2D eigenvalue weighted by Gasteiger charge is 2.26. The molecule has 0 N–H and O–H groups in total. The highest BCUT2D eigenvalue weighted by Crippen LogP contribution is 2.25. The van der Waals surface area contributed by atoms with Crippen molar-refractivity contribution in [2.75, 3.05) is 26.7 Å². The summed E-state index contributed by atoms with van der Waals surface area (Å²) in [5, 5.41) is 0. The molecule has 2 rings (SSSR count). The Bertz CT molecular complexity index is 495. The van der Waals surface area contributed by atoms with Crippen LogP contribution in [0.4, 0.5) is 0 Å². The molecule has 3 heteroatoms. The van der Waals surface area contributed by atoms with Gasteiger partial charge in [0.05, 0.1) is 0 Å². The average molecular weight is 302 g/mol. The van der Waals surface area contributed by atoms with E-state index < -0.39 is 0 Å². The van der Waals surface area contributed by atoms with Gasteiger partial charge in [-0.25, -0.2) is 0 Å². The second-order valence-corrected chi connectivity index (χ2v) is 7.06. The number of nitrogens with zero attached hydrogens (tertiary/aromatic N) is 2. The fraction of sp³-hybridized carbons (Fsp3) is 0.632. The van der Waals surface area contributed by atoms with Crippen LogP contribution in [-0.4, -0.2) is 42.4 Å². The third kappa shape index (κ3) is 4.10. The fourth-order valence-electron chi connectivity index (χ4n) is 3.25. The third-order valence-electron chi connectivity index (χ3n) is 5.02. The van der Waals surface area contributed by atoms with Crippen LogP contribution in [-0.2, 0) is 4.79 Å². The number of likely N-dealkylation sites (tertiary alicyclic amines) is 1. The average Bonchev–Trinajstić information content (AvgIpc) is 2.95. The van der Waals surface area contributed by atoms with Gasteiger partial charge in [-0.1, -0.05) is 38.1 Å². The first kappa shape index (κ1) is 17.0. The Kier molecular flexibility index (Phi) is 5.63. The van der Waals surface area contributed by atoms with Gasteiger partial charge in [0.15, 0.2) is 0 Å². The first-order valence-electron chi connectivity index (χ1n) is 8.44. The topological polar surface area (TPSA) is 23.6 Å². The lowest BCUT2D eigenvalue weighted by Gasteiger charge is -2.28. The van der Waals surface area contributed by atoms with E-state index in [1.54, 1.807) is 6.92 Å². The van der Waals surface area contributed by atoms with E-state index in [0.717, 1.165) is 26.1 Å². The molecule has 0 saturated carbocycles. The Balaban J connectivity index is 1.92. The van der Waals surface area contributed by atoms with Crippen molar-refractivity contribution in [3.63, 3.8) is 0 Å². The summed E-state index contributed by atoms with van der Waals surface area (Å²) in [6, 6.07) is 9.42.